The van der Waals surface area contributed by atoms with E-state index in [0.717, 1.165) is 22.6 Å². The van der Waals surface area contributed by atoms with Crippen LogP contribution < -0.4 is 36.5 Å². The van der Waals surface area contributed by atoms with Crippen molar-refractivity contribution in [2.45, 2.75) is 83.9 Å². The van der Waals surface area contributed by atoms with E-state index in [2.05, 4.69) is 36.2 Å². The Labute approximate surface area is 363 Å². The fourth-order valence-corrected chi connectivity index (χ4v) is 7.18. The average Bonchev–Trinajstić information content (AvgIpc) is 3.92. The Balaban J connectivity index is 1.03. The molecule has 62 heavy (non-hydrogen) atoms. The van der Waals surface area contributed by atoms with E-state index >= 15 is 0 Å². The van der Waals surface area contributed by atoms with E-state index in [9.17, 15) is 19.2 Å². The van der Waals surface area contributed by atoms with Crippen LogP contribution in [0.5, 0.6) is 11.5 Å². The third kappa shape index (κ3) is 11.8. The largest absolute Gasteiger partial charge is 0.497 e. The molecule has 2 aromatic carbocycles. The molecule has 4 amide bonds. The van der Waals surface area contributed by atoms with Crippen molar-refractivity contribution in [3.05, 3.63) is 83.8 Å². The quantitative estimate of drug-likeness (QED) is 0.0798. The molecule has 1 unspecified atom stereocenters. The predicted molar refractivity (Wildman–Crippen MR) is 228 cm³/mol. The van der Waals surface area contributed by atoms with Crippen LogP contribution >= 0.6 is 11.8 Å². The van der Waals surface area contributed by atoms with E-state index in [1.165, 1.54) is 18.1 Å². The fraction of sp³-hybridized carbons (Fsp3) is 0.452. The summed E-state index contributed by atoms with van der Waals surface area (Å²) < 4.78 is 36.8. The molecule has 19 nitrogen and oxygen atoms in total. The van der Waals surface area contributed by atoms with Crippen LogP contribution in [0.2, 0.25) is 0 Å². The van der Waals surface area contributed by atoms with Crippen molar-refractivity contribution in [2.75, 3.05) is 37.6 Å². The number of primary amides is 1. The Hall–Kier alpha value is -6.28. The van der Waals surface area contributed by atoms with Crippen LogP contribution in [-0.2, 0) is 46.5 Å². The van der Waals surface area contributed by atoms with Gasteiger partial charge in [-0.05, 0) is 66.2 Å². The van der Waals surface area contributed by atoms with Crippen LogP contribution in [0.1, 0.15) is 57.9 Å². The highest BCUT2D eigenvalue weighted by atomic mass is 32.2. The van der Waals surface area contributed by atoms with E-state index in [-0.39, 0.29) is 18.3 Å². The van der Waals surface area contributed by atoms with E-state index in [0.29, 0.717) is 54.5 Å². The smallest absolute Gasteiger partial charge is 0.408 e. The second-order valence-electron chi connectivity index (χ2n) is 15.4. The summed E-state index contributed by atoms with van der Waals surface area (Å²) in [5, 5.41) is 11.0. The number of hydrogen-bond donors (Lipinski definition) is 5. The van der Waals surface area contributed by atoms with Crippen LogP contribution in [0, 0.1) is 5.92 Å². The van der Waals surface area contributed by atoms with Gasteiger partial charge in [0.25, 0.3) is 0 Å². The van der Waals surface area contributed by atoms with Crippen molar-refractivity contribution >= 4 is 52.6 Å². The number of nitrogens with zero attached hydrogens (tertiary/aromatic N) is 4. The fourth-order valence-electron chi connectivity index (χ4n) is 6.70. The van der Waals surface area contributed by atoms with E-state index in [1.807, 2.05) is 68.6 Å². The number of methoxy groups -OCH3 is 1. The van der Waals surface area contributed by atoms with Crippen LogP contribution in [0.3, 0.4) is 0 Å². The molecule has 20 heteroatoms. The van der Waals surface area contributed by atoms with Gasteiger partial charge in [0.05, 0.1) is 7.11 Å². The molecule has 2 aliphatic rings. The number of nitrogens with two attached hydrogens (primary N) is 1. The van der Waals surface area contributed by atoms with Gasteiger partial charge in [-0.3, -0.25) is 19.0 Å². The number of alkyl carbamates (subject to hydrolysis) is 1. The number of hydrogen-bond acceptors (Lipinski definition) is 15. The van der Waals surface area contributed by atoms with Crippen LogP contribution in [0.15, 0.2) is 72.7 Å². The maximum Gasteiger partial charge on any atom is 0.408 e. The molecule has 4 aromatic rings. The molecule has 6 N–H and O–H groups in total. The Morgan fingerprint density at radius 1 is 0.952 bits per heavy atom. The molecule has 0 radical (unpaired) electrons. The van der Waals surface area contributed by atoms with Crippen LogP contribution in [0.4, 0.5) is 10.6 Å². The highest BCUT2D eigenvalue weighted by molar-refractivity contribution is 7.98. The first-order valence-corrected chi connectivity index (χ1v) is 21.4. The molecule has 0 saturated carbocycles. The molecule has 332 valence electrons. The van der Waals surface area contributed by atoms with Gasteiger partial charge in [0.1, 0.15) is 49.4 Å². The molecule has 2 aliphatic heterocycles. The normalized spacial score (nSPS) is 17.3. The monoisotopic (exact) mass is 875 g/mol. The first-order valence-electron chi connectivity index (χ1n) is 20.0. The first kappa shape index (κ1) is 45.3. The molecule has 0 spiro atoms. The zero-order valence-electron chi connectivity index (χ0n) is 35.5. The summed E-state index contributed by atoms with van der Waals surface area (Å²) >= 11 is 1.51. The maximum atomic E-state index is 13.1. The summed E-state index contributed by atoms with van der Waals surface area (Å²) in [4.78, 5) is 64.2. The van der Waals surface area contributed by atoms with Gasteiger partial charge >= 0.3 is 6.09 Å². The zero-order valence-corrected chi connectivity index (χ0v) is 36.3. The van der Waals surface area contributed by atoms with Crippen molar-refractivity contribution < 1.29 is 47.6 Å². The lowest BCUT2D eigenvalue weighted by molar-refractivity contribution is -0.165. The van der Waals surface area contributed by atoms with Gasteiger partial charge in [0.15, 0.2) is 41.2 Å². The lowest BCUT2D eigenvalue weighted by atomic mass is 10.0. The molecular weight excluding hydrogens is 823 g/mol. The molecule has 1 fully saturated rings. The lowest BCUT2D eigenvalue weighted by Gasteiger charge is -2.23. The van der Waals surface area contributed by atoms with Crippen molar-refractivity contribution in [3.8, 4) is 11.5 Å². The number of benzene rings is 2. The summed E-state index contributed by atoms with van der Waals surface area (Å²) in [6.07, 6.45) is 3.03. The van der Waals surface area contributed by atoms with Crippen LogP contribution in [-0.4, -0.2) is 99.6 Å². The highest BCUT2D eigenvalue weighted by Gasteiger charge is 2.51. The number of amides is 4. The van der Waals surface area contributed by atoms with E-state index in [1.54, 1.807) is 31.9 Å². The summed E-state index contributed by atoms with van der Waals surface area (Å²) in [7, 11) is 1.63. The number of carbonyl (C=O) groups excluding carboxylic acids is 4. The van der Waals surface area contributed by atoms with Gasteiger partial charge in [-0.15, -0.1) is 0 Å². The number of carbonyl (C=O) groups is 4. The summed E-state index contributed by atoms with van der Waals surface area (Å²) in [6.45, 7) is 7.32. The zero-order chi connectivity index (χ0) is 44.4. The highest BCUT2D eigenvalue weighted by Crippen LogP contribution is 2.45. The molecule has 2 aromatic heterocycles. The molecular formula is C42H53N9O10S. The molecule has 6 rings (SSSR count). The molecule has 4 atom stereocenters. The van der Waals surface area contributed by atoms with Crippen molar-refractivity contribution in [3.63, 3.8) is 0 Å². The molecule has 0 bridgehead atoms. The van der Waals surface area contributed by atoms with Gasteiger partial charge in [-0.25, -0.2) is 19.7 Å². The number of thioether (sulfide) groups is 1. The second-order valence-corrected chi connectivity index (χ2v) is 16.4. The first-order chi connectivity index (χ1) is 29.7. The van der Waals surface area contributed by atoms with Gasteiger partial charge < -0.3 is 55.4 Å². The third-order valence-corrected chi connectivity index (χ3v) is 10.4. The standard InChI is InChI=1S/C42H53N9O10S/c1-24(2)17-30(39(54)50-29(36(43)53)15-16-62-6)49-32(52)19-45-41(55)58-21-31-34-35(61-42(3,4)60-34)40(59-31)51-23-48-33-37(46-22-47-38(33)51)44-18-25-7-13-28(14-8-25)57-20-26-9-11-27(56-5)12-10-26/h7-14,22-24,29-30,35,40H,15-21H2,1-6H3,(H2,43,53)(H,45,55)(H,49,52)(H,50,54)(H,44,46,47)/t29-,30-,35?,40+/m0/s1. The second kappa shape index (κ2) is 20.5. The number of nitrogens with one attached hydrogen (secondary N) is 4. The molecule has 4 heterocycles. The van der Waals surface area contributed by atoms with Gasteiger partial charge in [0.2, 0.25) is 29.7 Å². The Morgan fingerprint density at radius 2 is 1.68 bits per heavy atom. The van der Waals surface area contributed by atoms with E-state index < -0.39 is 60.6 Å². The molecule has 0 aliphatic carbocycles. The lowest BCUT2D eigenvalue weighted by Crippen LogP contribution is -2.54. The maximum absolute atomic E-state index is 13.1. The number of imidazole rings is 1. The SMILES string of the molecule is COc1ccc(COc2ccc(CNc3ncnc4c3ncn4[C@@H]3OC(COC(=O)NCC(=O)N[C@@H](CC(C)C)C(=O)N[C@@H](CCSC)C(N)=O)=C4OC(C)(C)OC43)cc2)cc1. The van der Waals surface area contributed by atoms with Crippen molar-refractivity contribution in [1.29, 1.82) is 0 Å². The number of fused-ring (bicyclic) bond motifs is 2. The number of anilines is 1. The Bertz CT molecular complexity index is 2230. The van der Waals surface area contributed by atoms with Crippen molar-refractivity contribution in [1.82, 2.24) is 35.5 Å². The summed E-state index contributed by atoms with van der Waals surface area (Å²) in [5.74, 6) is 0.345. The Kier molecular flexibility index (Phi) is 15.0. The van der Waals surface area contributed by atoms with Crippen molar-refractivity contribution in [2.24, 2.45) is 11.7 Å². The molecule has 1 saturated heterocycles. The van der Waals surface area contributed by atoms with Gasteiger partial charge in [0, 0.05) is 20.4 Å². The Morgan fingerprint density at radius 3 is 2.37 bits per heavy atom. The summed E-state index contributed by atoms with van der Waals surface area (Å²) in [5.41, 5.74) is 8.45. The summed E-state index contributed by atoms with van der Waals surface area (Å²) in [6, 6.07) is 13.6. The van der Waals surface area contributed by atoms with Gasteiger partial charge in [-0.1, -0.05) is 38.1 Å². The number of aromatic nitrogens is 4. The third-order valence-electron chi connectivity index (χ3n) is 9.76. The minimum absolute atomic E-state index is 0.0295. The minimum atomic E-state index is -1.02. The average molecular weight is 876 g/mol. The van der Waals surface area contributed by atoms with Crippen LogP contribution in [0.25, 0.3) is 11.2 Å². The predicted octanol–water partition coefficient (Wildman–Crippen LogP) is 3.90. The topological polar surface area (TPSA) is 241 Å². The van der Waals surface area contributed by atoms with Gasteiger partial charge in [-0.2, -0.15) is 11.8 Å². The van der Waals surface area contributed by atoms with E-state index in [4.69, 9.17) is 34.2 Å². The number of rotatable bonds is 21. The number of ether oxygens (including phenoxy) is 6. The minimum Gasteiger partial charge on any atom is -0.497 e.